The van der Waals surface area contributed by atoms with Gasteiger partial charge in [-0.3, -0.25) is 9.69 Å². The van der Waals surface area contributed by atoms with Crippen LogP contribution in [0.5, 0.6) is 0 Å². The Labute approximate surface area is 154 Å². The van der Waals surface area contributed by atoms with Crippen LogP contribution in [0.15, 0.2) is 40.8 Å². The molecule has 0 radical (unpaired) electrons. The van der Waals surface area contributed by atoms with Crippen molar-refractivity contribution >= 4 is 17.5 Å². The molecule has 25 heavy (non-hydrogen) atoms. The molecule has 1 N–H and O–H groups in total. The van der Waals surface area contributed by atoms with E-state index in [1.54, 1.807) is 24.3 Å². The molecule has 2 aromatic rings. The quantitative estimate of drug-likeness (QED) is 0.857. The van der Waals surface area contributed by atoms with E-state index in [2.05, 4.69) is 17.1 Å². The normalized spacial score (nSPS) is 17.4. The van der Waals surface area contributed by atoms with Crippen LogP contribution >= 0.6 is 11.6 Å². The molecule has 2 heterocycles. The number of halogens is 1. The first-order valence-corrected chi connectivity index (χ1v) is 9.25. The van der Waals surface area contributed by atoms with Gasteiger partial charge in [0.1, 0.15) is 11.5 Å². The van der Waals surface area contributed by atoms with E-state index in [1.807, 2.05) is 19.1 Å². The Morgan fingerprint density at radius 2 is 2.08 bits per heavy atom. The maximum atomic E-state index is 12.5. The zero-order valence-corrected chi connectivity index (χ0v) is 15.6. The van der Waals surface area contributed by atoms with Gasteiger partial charge in [0, 0.05) is 17.1 Å². The van der Waals surface area contributed by atoms with Gasteiger partial charge < -0.3 is 9.73 Å². The Balaban J connectivity index is 1.70. The molecule has 1 saturated heterocycles. The fourth-order valence-corrected chi connectivity index (χ4v) is 3.49. The fourth-order valence-electron chi connectivity index (χ4n) is 3.30. The van der Waals surface area contributed by atoms with Gasteiger partial charge >= 0.3 is 0 Å². The summed E-state index contributed by atoms with van der Waals surface area (Å²) in [5, 5.41) is 3.61. The minimum Gasteiger partial charge on any atom is -0.465 e. The number of furan rings is 1. The van der Waals surface area contributed by atoms with Gasteiger partial charge in [0.15, 0.2) is 0 Å². The third kappa shape index (κ3) is 4.65. The van der Waals surface area contributed by atoms with Gasteiger partial charge in [0.05, 0.1) is 6.04 Å². The number of likely N-dealkylation sites (tertiary alicyclic amines) is 1. The maximum absolute atomic E-state index is 12.5. The molecule has 1 amide bonds. The molecular formula is C20H25ClN2O2. The second kappa shape index (κ2) is 8.07. The lowest BCUT2D eigenvalue weighted by atomic mass is 9.97. The molecule has 1 aromatic carbocycles. The molecule has 0 bridgehead atoms. The number of rotatable bonds is 5. The average Bonchev–Trinajstić information content (AvgIpc) is 3.02. The summed E-state index contributed by atoms with van der Waals surface area (Å²) in [7, 11) is 0. The molecule has 1 aliphatic rings. The monoisotopic (exact) mass is 360 g/mol. The molecule has 4 nitrogen and oxygen atoms in total. The van der Waals surface area contributed by atoms with Crippen LogP contribution < -0.4 is 5.32 Å². The number of carbonyl (C=O) groups is 1. The lowest BCUT2D eigenvalue weighted by Crippen LogP contribution is -2.41. The highest BCUT2D eigenvalue weighted by molar-refractivity contribution is 6.30. The fraction of sp³-hybridized carbons (Fsp3) is 0.450. The third-order valence-electron chi connectivity index (χ3n) is 4.89. The topological polar surface area (TPSA) is 45.5 Å². The second-order valence-electron chi connectivity index (χ2n) is 6.90. The van der Waals surface area contributed by atoms with Gasteiger partial charge in [0.25, 0.3) is 5.91 Å². The molecular weight excluding hydrogens is 336 g/mol. The van der Waals surface area contributed by atoms with Gasteiger partial charge in [-0.25, -0.2) is 0 Å². The van der Waals surface area contributed by atoms with Gasteiger partial charge in [-0.05, 0) is 69.1 Å². The van der Waals surface area contributed by atoms with Crippen molar-refractivity contribution in [2.75, 3.05) is 19.6 Å². The van der Waals surface area contributed by atoms with Crippen molar-refractivity contribution in [3.05, 3.63) is 58.5 Å². The summed E-state index contributed by atoms with van der Waals surface area (Å²) in [5.41, 5.74) is 0.578. The first-order valence-electron chi connectivity index (χ1n) is 8.87. The Hall–Kier alpha value is -1.78. The standard InChI is InChI=1S/C20H25ClN2O2/c1-14-8-10-23(11-9-14)18(19-7-6-15(2)25-19)13-22-20(24)16-4-3-5-17(21)12-16/h3-7,12,14,18H,8-11,13H2,1-2H3,(H,22,24)/t18-/m0/s1. The molecule has 1 aliphatic heterocycles. The lowest BCUT2D eigenvalue weighted by molar-refractivity contribution is 0.0895. The smallest absolute Gasteiger partial charge is 0.251 e. The zero-order valence-electron chi connectivity index (χ0n) is 14.8. The molecule has 1 atom stereocenters. The number of carbonyl (C=O) groups excluding carboxylic acids is 1. The molecule has 3 rings (SSSR count). The molecule has 0 unspecified atom stereocenters. The van der Waals surface area contributed by atoms with Gasteiger partial charge in [-0.2, -0.15) is 0 Å². The van der Waals surface area contributed by atoms with Crippen LogP contribution in [0.25, 0.3) is 0 Å². The summed E-state index contributed by atoms with van der Waals surface area (Å²) in [4.78, 5) is 14.9. The predicted octanol–water partition coefficient (Wildman–Crippen LogP) is 4.44. The maximum Gasteiger partial charge on any atom is 0.251 e. The molecule has 0 spiro atoms. The van der Waals surface area contributed by atoms with Gasteiger partial charge in [0.2, 0.25) is 0 Å². The summed E-state index contributed by atoms with van der Waals surface area (Å²) in [6.45, 7) is 6.82. The van der Waals surface area contributed by atoms with E-state index in [0.29, 0.717) is 17.1 Å². The Morgan fingerprint density at radius 1 is 1.32 bits per heavy atom. The average molecular weight is 361 g/mol. The second-order valence-corrected chi connectivity index (χ2v) is 7.34. The van der Waals surface area contributed by atoms with E-state index in [0.717, 1.165) is 30.5 Å². The van der Waals surface area contributed by atoms with Crippen molar-refractivity contribution in [3.8, 4) is 0 Å². The third-order valence-corrected chi connectivity index (χ3v) is 5.13. The van der Waals surface area contributed by atoms with Crippen molar-refractivity contribution in [2.24, 2.45) is 5.92 Å². The van der Waals surface area contributed by atoms with Crippen LogP contribution in [0.3, 0.4) is 0 Å². The summed E-state index contributed by atoms with van der Waals surface area (Å²) in [6.07, 6.45) is 2.36. The predicted molar refractivity (Wildman–Crippen MR) is 99.9 cm³/mol. The van der Waals surface area contributed by atoms with Crippen LogP contribution in [0.4, 0.5) is 0 Å². The zero-order chi connectivity index (χ0) is 17.8. The Morgan fingerprint density at radius 3 is 2.72 bits per heavy atom. The van der Waals surface area contributed by atoms with Crippen molar-refractivity contribution in [1.82, 2.24) is 10.2 Å². The van der Waals surface area contributed by atoms with Gasteiger partial charge in [-0.1, -0.05) is 24.6 Å². The summed E-state index contributed by atoms with van der Waals surface area (Å²) < 4.78 is 5.87. The van der Waals surface area contributed by atoms with Crippen molar-refractivity contribution in [3.63, 3.8) is 0 Å². The van der Waals surface area contributed by atoms with E-state index in [4.69, 9.17) is 16.0 Å². The van der Waals surface area contributed by atoms with Crippen molar-refractivity contribution < 1.29 is 9.21 Å². The molecule has 1 fully saturated rings. The Kier molecular flexibility index (Phi) is 5.82. The number of benzene rings is 1. The number of piperidine rings is 1. The number of nitrogens with zero attached hydrogens (tertiary/aromatic N) is 1. The molecule has 1 aromatic heterocycles. The van der Waals surface area contributed by atoms with E-state index in [-0.39, 0.29) is 11.9 Å². The van der Waals surface area contributed by atoms with Crippen LogP contribution in [-0.4, -0.2) is 30.4 Å². The lowest BCUT2D eigenvalue weighted by Gasteiger charge is -2.35. The molecule has 5 heteroatoms. The highest BCUT2D eigenvalue weighted by Gasteiger charge is 2.27. The van der Waals surface area contributed by atoms with Crippen LogP contribution in [0.2, 0.25) is 5.02 Å². The van der Waals surface area contributed by atoms with E-state index in [9.17, 15) is 4.79 Å². The molecule has 0 saturated carbocycles. The minimum absolute atomic E-state index is 0.0596. The number of aryl methyl sites for hydroxylation is 1. The van der Waals surface area contributed by atoms with E-state index >= 15 is 0 Å². The molecule has 134 valence electrons. The first-order chi connectivity index (χ1) is 12.0. The number of hydrogen-bond acceptors (Lipinski definition) is 3. The van der Waals surface area contributed by atoms with Crippen LogP contribution in [0, 0.1) is 12.8 Å². The van der Waals surface area contributed by atoms with E-state index < -0.39 is 0 Å². The van der Waals surface area contributed by atoms with Crippen molar-refractivity contribution in [1.29, 1.82) is 0 Å². The summed E-state index contributed by atoms with van der Waals surface area (Å²) in [6, 6.07) is 11.1. The number of hydrogen-bond donors (Lipinski definition) is 1. The largest absolute Gasteiger partial charge is 0.465 e. The Bertz CT molecular complexity index is 720. The minimum atomic E-state index is -0.110. The summed E-state index contributed by atoms with van der Waals surface area (Å²) in [5.74, 6) is 2.46. The van der Waals surface area contributed by atoms with Crippen molar-refractivity contribution in [2.45, 2.75) is 32.7 Å². The molecule has 0 aliphatic carbocycles. The number of amides is 1. The SMILES string of the molecule is Cc1ccc([C@H](CNC(=O)c2cccc(Cl)c2)N2CCC(C)CC2)o1. The highest BCUT2D eigenvalue weighted by Crippen LogP contribution is 2.27. The van der Waals surface area contributed by atoms with Gasteiger partial charge in [-0.15, -0.1) is 0 Å². The van der Waals surface area contributed by atoms with Crippen LogP contribution in [-0.2, 0) is 0 Å². The first kappa shape index (κ1) is 18.0. The van der Waals surface area contributed by atoms with E-state index in [1.165, 1.54) is 12.8 Å². The van der Waals surface area contributed by atoms with Crippen LogP contribution in [0.1, 0.15) is 47.7 Å². The highest BCUT2D eigenvalue weighted by atomic mass is 35.5. The summed E-state index contributed by atoms with van der Waals surface area (Å²) >= 11 is 5.98. The number of nitrogens with one attached hydrogen (secondary N) is 1.